The Morgan fingerprint density at radius 1 is 1.24 bits per heavy atom. The largest absolute Gasteiger partial charge is 0.416 e. The number of benzene rings is 1. The van der Waals surface area contributed by atoms with Crippen molar-refractivity contribution in [3.63, 3.8) is 0 Å². The molecule has 1 aliphatic heterocycles. The van der Waals surface area contributed by atoms with Crippen LogP contribution in [-0.2, 0) is 6.18 Å². The molecular weight excluding hydrogens is 227 g/mol. The van der Waals surface area contributed by atoms with Crippen molar-refractivity contribution in [2.45, 2.75) is 25.1 Å². The van der Waals surface area contributed by atoms with E-state index < -0.39 is 11.7 Å². The molecule has 0 aromatic heterocycles. The summed E-state index contributed by atoms with van der Waals surface area (Å²) in [6.07, 6.45) is 1.16. The van der Waals surface area contributed by atoms with Crippen LogP contribution in [0.2, 0.25) is 0 Å². The van der Waals surface area contributed by atoms with Gasteiger partial charge in [0.1, 0.15) is 0 Å². The fourth-order valence-electron chi connectivity index (χ4n) is 2.00. The van der Waals surface area contributed by atoms with Gasteiger partial charge in [-0.1, -0.05) is 30.4 Å². The van der Waals surface area contributed by atoms with Crippen molar-refractivity contribution in [3.05, 3.63) is 41.5 Å². The second-order valence-corrected chi connectivity index (χ2v) is 4.15. The molecule has 1 fully saturated rings. The van der Waals surface area contributed by atoms with Crippen LogP contribution in [0, 0.1) is 0 Å². The zero-order valence-electron chi connectivity index (χ0n) is 9.30. The summed E-state index contributed by atoms with van der Waals surface area (Å²) in [5.41, 5.74) is -0.344. The fraction of sp³-hybridized carbons (Fsp3) is 0.385. The maximum absolute atomic E-state index is 12.7. The van der Waals surface area contributed by atoms with E-state index in [1.807, 2.05) is 6.08 Å². The average molecular weight is 241 g/mol. The molecular formula is C13H14F3N. The van der Waals surface area contributed by atoms with E-state index in [4.69, 9.17) is 0 Å². The van der Waals surface area contributed by atoms with E-state index >= 15 is 0 Å². The molecule has 1 aliphatic rings. The number of hydrogen-bond acceptors (Lipinski definition) is 1. The summed E-state index contributed by atoms with van der Waals surface area (Å²) in [6, 6.07) is 5.84. The van der Waals surface area contributed by atoms with Gasteiger partial charge in [-0.2, -0.15) is 13.2 Å². The van der Waals surface area contributed by atoms with E-state index in [1.165, 1.54) is 12.1 Å². The van der Waals surface area contributed by atoms with Crippen molar-refractivity contribution < 1.29 is 13.2 Å². The van der Waals surface area contributed by atoms with Gasteiger partial charge in [-0.05, 0) is 31.0 Å². The highest BCUT2D eigenvalue weighted by Gasteiger charge is 2.32. The molecule has 17 heavy (non-hydrogen) atoms. The lowest BCUT2D eigenvalue weighted by Crippen LogP contribution is -2.18. The van der Waals surface area contributed by atoms with Gasteiger partial charge >= 0.3 is 6.18 Å². The molecule has 0 bridgehead atoms. The molecule has 0 saturated carbocycles. The van der Waals surface area contributed by atoms with Gasteiger partial charge in [0.25, 0.3) is 0 Å². The monoisotopic (exact) mass is 241 g/mol. The number of halogens is 3. The molecule has 92 valence electrons. The third-order valence-electron chi connectivity index (χ3n) is 2.87. The molecule has 1 atom stereocenters. The summed E-state index contributed by atoms with van der Waals surface area (Å²) >= 11 is 0. The molecule has 0 spiro atoms. The third kappa shape index (κ3) is 3.09. The molecule has 1 nitrogen and oxygen atoms in total. The molecule has 2 rings (SSSR count). The van der Waals surface area contributed by atoms with Gasteiger partial charge in [-0.3, -0.25) is 0 Å². The highest BCUT2D eigenvalue weighted by molar-refractivity contribution is 5.55. The van der Waals surface area contributed by atoms with E-state index in [1.54, 1.807) is 12.1 Å². The predicted molar refractivity (Wildman–Crippen MR) is 61.5 cm³/mol. The number of nitrogens with one attached hydrogen (secondary N) is 1. The second-order valence-electron chi connectivity index (χ2n) is 4.15. The van der Waals surface area contributed by atoms with Crippen LogP contribution in [0.3, 0.4) is 0 Å². The van der Waals surface area contributed by atoms with Crippen molar-refractivity contribution in [1.82, 2.24) is 5.32 Å². The zero-order valence-corrected chi connectivity index (χ0v) is 9.30. The van der Waals surface area contributed by atoms with E-state index in [-0.39, 0.29) is 11.6 Å². The topological polar surface area (TPSA) is 12.0 Å². The smallest absolute Gasteiger partial charge is 0.311 e. The molecule has 1 aromatic rings. The van der Waals surface area contributed by atoms with Gasteiger partial charge < -0.3 is 5.32 Å². The fourth-order valence-corrected chi connectivity index (χ4v) is 2.00. The lowest BCUT2D eigenvalue weighted by Gasteiger charge is -2.10. The van der Waals surface area contributed by atoms with E-state index in [2.05, 4.69) is 5.32 Å². The van der Waals surface area contributed by atoms with Crippen molar-refractivity contribution in [2.24, 2.45) is 0 Å². The van der Waals surface area contributed by atoms with Crippen LogP contribution in [0.15, 0.2) is 30.3 Å². The molecule has 1 unspecified atom stereocenters. The molecule has 0 radical (unpaired) electrons. The van der Waals surface area contributed by atoms with Crippen LogP contribution in [0.1, 0.15) is 24.0 Å². The Hall–Kier alpha value is -1.29. The molecule has 1 aromatic carbocycles. The molecule has 1 N–H and O–H groups in total. The van der Waals surface area contributed by atoms with Crippen LogP contribution in [0.4, 0.5) is 13.2 Å². The minimum atomic E-state index is -4.29. The first kappa shape index (κ1) is 12.2. The van der Waals surface area contributed by atoms with Gasteiger partial charge in [0.15, 0.2) is 0 Å². The van der Waals surface area contributed by atoms with Crippen molar-refractivity contribution in [2.75, 3.05) is 6.54 Å². The third-order valence-corrected chi connectivity index (χ3v) is 2.87. The lowest BCUT2D eigenvalue weighted by atomic mass is 10.1. The van der Waals surface area contributed by atoms with Crippen LogP contribution in [0.25, 0.3) is 6.08 Å². The summed E-state index contributed by atoms with van der Waals surface area (Å²) in [4.78, 5) is 0. The minimum absolute atomic E-state index is 0.205. The quantitative estimate of drug-likeness (QED) is 0.836. The second kappa shape index (κ2) is 4.92. The van der Waals surface area contributed by atoms with Crippen LogP contribution in [0.5, 0.6) is 0 Å². The number of rotatable bonds is 2. The van der Waals surface area contributed by atoms with Crippen LogP contribution in [-0.4, -0.2) is 12.6 Å². The first-order valence-electron chi connectivity index (χ1n) is 5.65. The normalized spacial score (nSPS) is 21.2. The van der Waals surface area contributed by atoms with Gasteiger partial charge in [-0.15, -0.1) is 0 Å². The van der Waals surface area contributed by atoms with Crippen molar-refractivity contribution >= 4 is 6.08 Å². The Morgan fingerprint density at radius 2 is 2.00 bits per heavy atom. The summed E-state index contributed by atoms with van der Waals surface area (Å²) in [5.74, 6) is 0. The molecule has 1 heterocycles. The predicted octanol–water partition coefficient (Wildman–Crippen LogP) is 3.47. The number of hydrogen-bond donors (Lipinski definition) is 1. The molecule has 4 heteroatoms. The van der Waals surface area contributed by atoms with E-state index in [9.17, 15) is 13.2 Å². The highest BCUT2D eigenvalue weighted by Crippen LogP contribution is 2.32. The van der Waals surface area contributed by atoms with Crippen LogP contribution >= 0.6 is 0 Å². The summed E-state index contributed by atoms with van der Waals surface area (Å²) in [5, 5.41) is 3.22. The van der Waals surface area contributed by atoms with Crippen molar-refractivity contribution in [3.8, 4) is 0 Å². The number of alkyl halides is 3. The summed E-state index contributed by atoms with van der Waals surface area (Å²) in [6.45, 7) is 0.940. The van der Waals surface area contributed by atoms with Crippen LogP contribution < -0.4 is 5.32 Å². The Balaban J connectivity index is 2.20. The maximum Gasteiger partial charge on any atom is 0.416 e. The molecule has 1 saturated heterocycles. The van der Waals surface area contributed by atoms with Gasteiger partial charge in [0, 0.05) is 6.04 Å². The first-order valence-corrected chi connectivity index (χ1v) is 5.65. The Kier molecular flexibility index (Phi) is 3.52. The van der Waals surface area contributed by atoms with E-state index in [0.717, 1.165) is 25.5 Å². The van der Waals surface area contributed by atoms with Gasteiger partial charge in [0.2, 0.25) is 0 Å². The Bertz CT molecular complexity index is 403. The summed E-state index contributed by atoms with van der Waals surface area (Å²) in [7, 11) is 0. The Labute approximate surface area is 98.3 Å². The average Bonchev–Trinajstić information content (AvgIpc) is 2.78. The minimum Gasteiger partial charge on any atom is -0.311 e. The van der Waals surface area contributed by atoms with E-state index in [0.29, 0.717) is 0 Å². The zero-order chi connectivity index (χ0) is 12.3. The lowest BCUT2D eigenvalue weighted by molar-refractivity contribution is -0.137. The summed E-state index contributed by atoms with van der Waals surface area (Å²) < 4.78 is 38.1. The molecule has 0 amide bonds. The Morgan fingerprint density at radius 3 is 2.65 bits per heavy atom. The highest BCUT2D eigenvalue weighted by atomic mass is 19.4. The molecule has 0 aliphatic carbocycles. The first-order chi connectivity index (χ1) is 8.07. The maximum atomic E-state index is 12.7. The van der Waals surface area contributed by atoms with Gasteiger partial charge in [0.05, 0.1) is 5.56 Å². The van der Waals surface area contributed by atoms with Gasteiger partial charge in [-0.25, -0.2) is 0 Å². The standard InChI is InChI=1S/C13H14F3N/c14-13(15,16)12-6-2-1-4-10(12)7-8-11-5-3-9-17-11/h1-2,4,6-8,11,17H,3,5,9H2/b8-7+. The SMILES string of the molecule is FC(F)(F)c1ccccc1/C=C/C1CCCN1. The van der Waals surface area contributed by atoms with Crippen molar-refractivity contribution in [1.29, 1.82) is 0 Å².